The topological polar surface area (TPSA) is 231 Å². The van der Waals surface area contributed by atoms with Gasteiger partial charge in [-0.1, -0.05) is 300 Å². The Morgan fingerprint density at radius 3 is 0.819 bits per heavy atom. The minimum absolute atomic E-state index is 0.0744. The average molecular weight is 1510 g/mol. The smallest absolute Gasteiger partial charge is 0.463 e. The Morgan fingerprint density at radius 1 is 0.276 bits per heavy atom. The van der Waals surface area contributed by atoms with Crippen LogP contribution in [-0.4, -0.2) is 95.9 Å². The van der Waals surface area contributed by atoms with E-state index in [4.69, 9.17) is 32.3 Å². The molecule has 0 aromatic heterocycles. The predicted molar refractivity (Wildman–Crippen MR) is 435 cm³/mol. The minimum atomic E-state index is -4.95. The van der Waals surface area contributed by atoms with Crippen molar-refractivity contribution < 1.29 is 75.8 Å². The minimum Gasteiger partial charge on any atom is -0.463 e. The first-order valence-electron chi connectivity index (χ1n) is 40.4. The lowest BCUT2D eigenvalue weighted by Crippen LogP contribution is -2.30. The largest absolute Gasteiger partial charge is 0.472 e. The van der Waals surface area contributed by atoms with Crippen molar-refractivity contribution >= 4 is 33.6 Å². The highest BCUT2D eigenvalue weighted by Gasteiger charge is 2.29. The van der Waals surface area contributed by atoms with Crippen LogP contribution in [0.3, 0.4) is 0 Å². The van der Waals surface area contributed by atoms with Gasteiger partial charge in [0.15, 0.2) is 6.10 Å². The van der Waals surface area contributed by atoms with Gasteiger partial charge in [0, 0.05) is 19.3 Å². The van der Waals surface area contributed by atoms with Crippen LogP contribution in [-0.2, 0) is 55.8 Å². The Hall–Kier alpha value is -5.09. The molecule has 4 N–H and O–H groups in total. The van der Waals surface area contributed by atoms with Crippen molar-refractivity contribution in [3.8, 4) is 0 Å². The van der Waals surface area contributed by atoms with Gasteiger partial charge >= 0.3 is 33.6 Å². The number of phosphoric acid groups is 2. The van der Waals surface area contributed by atoms with Crippen LogP contribution < -0.4 is 0 Å². The van der Waals surface area contributed by atoms with E-state index in [0.29, 0.717) is 19.3 Å². The van der Waals surface area contributed by atoms with Gasteiger partial charge in [-0.05, 0) is 154 Å². The molecule has 0 aliphatic carbocycles. The number of carbonyl (C=O) groups is 3. The third kappa shape index (κ3) is 79.8. The molecule has 18 heteroatoms. The summed E-state index contributed by atoms with van der Waals surface area (Å²) in [5.41, 5.74) is 0. The number of phosphoric ester groups is 2. The molecule has 0 spiro atoms. The summed E-state index contributed by atoms with van der Waals surface area (Å²) in [4.78, 5) is 58.7. The molecule has 5 atom stereocenters. The normalized spacial score (nSPS) is 14.8. The molecule has 0 saturated carbocycles. The van der Waals surface area contributed by atoms with Crippen LogP contribution in [0.4, 0.5) is 0 Å². The predicted octanol–water partition coefficient (Wildman–Crippen LogP) is 24.0. The SMILES string of the molecule is CC/C=C\C/C=C\C/C=C\C/C=C\C/C=C\C/C=C\CCCCC(=O)OCC(COP(=O)(O)OCC(O)COP(=O)(O)OCC(O)COC(=O)CCCCCCCCCCCCCCC/C=C\C/C=C\C/C=C\C/C=C\C/C=C\CC)OC(=O)CCCCCCCC/C=C\C/C=C\C/C=C\CCCCC. The molecule has 0 aromatic rings. The maximum absolute atomic E-state index is 13.0. The molecule has 0 bridgehead atoms. The molecule has 0 radical (unpaired) electrons. The highest BCUT2D eigenvalue weighted by molar-refractivity contribution is 7.47. The Bertz CT molecular complexity index is 2590. The van der Waals surface area contributed by atoms with E-state index in [9.17, 15) is 43.5 Å². The van der Waals surface area contributed by atoms with Crippen molar-refractivity contribution in [1.82, 2.24) is 0 Å². The summed E-state index contributed by atoms with van der Waals surface area (Å²) in [5, 5.41) is 20.7. The van der Waals surface area contributed by atoms with E-state index in [1.54, 1.807) is 0 Å². The van der Waals surface area contributed by atoms with Gasteiger partial charge in [0.05, 0.1) is 26.4 Å². The zero-order valence-electron chi connectivity index (χ0n) is 65.3. The number of aliphatic hydroxyl groups is 2. The molecule has 0 fully saturated rings. The van der Waals surface area contributed by atoms with Gasteiger partial charge in [-0.2, -0.15) is 0 Å². The summed E-state index contributed by atoms with van der Waals surface area (Å²) >= 11 is 0. The summed E-state index contributed by atoms with van der Waals surface area (Å²) in [7, 11) is -9.82. The Labute approximate surface area is 637 Å². The van der Waals surface area contributed by atoms with Gasteiger partial charge in [-0.25, -0.2) is 9.13 Å². The molecule has 0 amide bonds. The molecular formula is C87H144O16P2. The van der Waals surface area contributed by atoms with Gasteiger partial charge in [0.2, 0.25) is 0 Å². The molecular weight excluding hydrogens is 1360 g/mol. The molecule has 105 heavy (non-hydrogen) atoms. The number of hydrogen-bond donors (Lipinski definition) is 4. The zero-order valence-corrected chi connectivity index (χ0v) is 67.1. The summed E-state index contributed by atoms with van der Waals surface area (Å²) in [5.74, 6) is -1.65. The summed E-state index contributed by atoms with van der Waals surface area (Å²) < 4.78 is 61.2. The first-order chi connectivity index (χ1) is 51.2. The van der Waals surface area contributed by atoms with E-state index in [-0.39, 0.29) is 19.3 Å². The van der Waals surface area contributed by atoms with Crippen LogP contribution in [0.15, 0.2) is 170 Å². The Kier molecular flexibility index (Phi) is 74.7. The lowest BCUT2D eigenvalue weighted by molar-refractivity contribution is -0.161. The molecule has 0 aliphatic rings. The summed E-state index contributed by atoms with van der Waals surface area (Å²) in [6.45, 7) is 2.36. The third-order valence-corrected chi connectivity index (χ3v) is 18.3. The van der Waals surface area contributed by atoms with Crippen molar-refractivity contribution in [2.45, 2.75) is 322 Å². The molecule has 0 aliphatic heterocycles. The van der Waals surface area contributed by atoms with Gasteiger partial charge in [0.1, 0.15) is 25.4 Å². The van der Waals surface area contributed by atoms with Crippen LogP contribution in [0.1, 0.15) is 303 Å². The maximum Gasteiger partial charge on any atom is 0.472 e. The lowest BCUT2D eigenvalue weighted by Gasteiger charge is -2.21. The van der Waals surface area contributed by atoms with E-state index in [1.807, 2.05) is 0 Å². The molecule has 0 saturated heterocycles. The highest BCUT2D eigenvalue weighted by atomic mass is 31.2. The zero-order chi connectivity index (χ0) is 76.6. The fraction of sp³-hybridized carbons (Fsp3) is 0.644. The number of ether oxygens (including phenoxy) is 3. The number of hydrogen-bond acceptors (Lipinski definition) is 14. The molecule has 0 heterocycles. The number of carbonyl (C=O) groups excluding carboxylic acids is 3. The third-order valence-electron chi connectivity index (χ3n) is 16.4. The number of allylic oxidation sites excluding steroid dienone is 28. The van der Waals surface area contributed by atoms with Crippen molar-refractivity contribution in [3.63, 3.8) is 0 Å². The first-order valence-corrected chi connectivity index (χ1v) is 43.4. The first kappa shape index (κ1) is 99.9. The average Bonchev–Trinajstić information content (AvgIpc) is 0.923. The molecule has 0 aromatic carbocycles. The van der Waals surface area contributed by atoms with E-state index in [2.05, 4.69) is 191 Å². The second kappa shape index (κ2) is 78.5. The Balaban J connectivity index is 4.64. The van der Waals surface area contributed by atoms with Gasteiger partial charge < -0.3 is 34.2 Å². The summed E-state index contributed by atoms with van der Waals surface area (Å²) in [6, 6.07) is 0. The number of aliphatic hydroxyl groups excluding tert-OH is 2. The van der Waals surface area contributed by atoms with Crippen molar-refractivity contribution in [2.24, 2.45) is 0 Å². The van der Waals surface area contributed by atoms with Crippen LogP contribution in [0, 0.1) is 0 Å². The van der Waals surface area contributed by atoms with Crippen molar-refractivity contribution in [3.05, 3.63) is 170 Å². The standard InChI is InChI=1S/C87H144O16P2/c1-4-7-10-13-16-19-22-25-28-31-34-36-37-38-39-40-41-42-43-45-48-49-52-55-58-61-64-67-70-73-85(90)97-76-82(88)77-99-104(93,94)100-78-83(89)79-101-105(95,96)102-81-84(103-87(92)75-72-69-66-63-60-57-54-51-46-33-30-27-24-21-18-15-12-9-6-3)80-98-86(91)74-71-68-65-62-59-56-53-50-47-44-35-32-29-26-23-20-17-14-11-8-5-2/h7-8,10-11,16-21,25-30,34-36,38-39,44,46,50-51,53,59,62,82-84,88-89H,4-6,9,12-15,22-24,31-33,37,40-43,45,47-49,52,54-58,60-61,63-81H2,1-3H3,(H,93,94)(H,95,96)/b10-7-,11-8-,19-16-,20-17-,21-18-,28-25-,29-26-,30-27-,36-34-,39-38-,44-35-,51-46-,53-50-,62-59-. The number of esters is 3. The van der Waals surface area contributed by atoms with Crippen LogP contribution in [0.2, 0.25) is 0 Å². The second-order valence-electron chi connectivity index (χ2n) is 26.5. The van der Waals surface area contributed by atoms with Crippen LogP contribution >= 0.6 is 15.6 Å². The number of unbranched alkanes of at least 4 members (excludes halogenated alkanes) is 24. The number of rotatable bonds is 75. The molecule has 5 unspecified atom stereocenters. The van der Waals surface area contributed by atoms with E-state index < -0.39 is 91.5 Å². The van der Waals surface area contributed by atoms with E-state index in [1.165, 1.54) is 77.0 Å². The Morgan fingerprint density at radius 2 is 0.505 bits per heavy atom. The van der Waals surface area contributed by atoms with Gasteiger partial charge in [-0.3, -0.25) is 32.5 Å². The lowest BCUT2D eigenvalue weighted by atomic mass is 10.0. The van der Waals surface area contributed by atoms with Gasteiger partial charge in [-0.15, -0.1) is 0 Å². The van der Waals surface area contributed by atoms with Crippen LogP contribution in [0.5, 0.6) is 0 Å². The molecule has 16 nitrogen and oxygen atoms in total. The fourth-order valence-corrected chi connectivity index (χ4v) is 11.9. The highest BCUT2D eigenvalue weighted by Crippen LogP contribution is 2.45. The summed E-state index contributed by atoms with van der Waals surface area (Å²) in [6.07, 6.45) is 99.7. The molecule has 598 valence electrons. The van der Waals surface area contributed by atoms with Gasteiger partial charge in [0.25, 0.3) is 0 Å². The van der Waals surface area contributed by atoms with E-state index >= 15 is 0 Å². The van der Waals surface area contributed by atoms with Crippen molar-refractivity contribution in [1.29, 1.82) is 0 Å². The van der Waals surface area contributed by atoms with Crippen LogP contribution in [0.25, 0.3) is 0 Å². The monoisotopic (exact) mass is 1510 g/mol. The quantitative estimate of drug-likeness (QED) is 0.0146. The second-order valence-corrected chi connectivity index (χ2v) is 29.4. The maximum atomic E-state index is 13.0. The molecule has 0 rings (SSSR count). The fourth-order valence-electron chi connectivity index (χ4n) is 10.3. The van der Waals surface area contributed by atoms with Crippen molar-refractivity contribution in [2.75, 3.05) is 39.6 Å². The van der Waals surface area contributed by atoms with E-state index in [0.717, 1.165) is 167 Å².